The van der Waals surface area contributed by atoms with Gasteiger partial charge in [0.15, 0.2) is 0 Å². The lowest BCUT2D eigenvalue weighted by Gasteiger charge is -2.43. The molecular formula is C29H29Cl2F3N4O2. The Kier molecular flexibility index (Phi) is 8.44. The third-order valence-corrected chi connectivity index (χ3v) is 8.39. The lowest BCUT2D eigenvalue weighted by Crippen LogP contribution is -2.50. The first kappa shape index (κ1) is 28.5. The lowest BCUT2D eigenvalue weighted by atomic mass is 9.84. The number of alkyl halides is 3. The second kappa shape index (κ2) is 11.8. The summed E-state index contributed by atoms with van der Waals surface area (Å²) < 4.78 is 44.6. The van der Waals surface area contributed by atoms with Gasteiger partial charge in [-0.15, -0.1) is 0 Å². The van der Waals surface area contributed by atoms with Crippen molar-refractivity contribution in [3.8, 4) is 0 Å². The maximum atomic E-state index is 13.6. The zero-order chi connectivity index (χ0) is 28.4. The number of nitrogens with zero attached hydrogens (tertiary/aromatic N) is 4. The van der Waals surface area contributed by atoms with E-state index in [0.29, 0.717) is 54.2 Å². The average Bonchev–Trinajstić information content (AvgIpc) is 2.97. The molecule has 3 heterocycles. The summed E-state index contributed by atoms with van der Waals surface area (Å²) in [5.41, 5.74) is 1.73. The molecule has 1 aromatic heterocycles. The zero-order valence-electron chi connectivity index (χ0n) is 21.9. The van der Waals surface area contributed by atoms with Crippen molar-refractivity contribution in [1.82, 2.24) is 9.88 Å². The molecule has 11 heteroatoms. The summed E-state index contributed by atoms with van der Waals surface area (Å²) in [5, 5.41) is 0.819. The second-order valence-electron chi connectivity index (χ2n) is 10.0. The molecular weight excluding hydrogens is 564 g/mol. The van der Waals surface area contributed by atoms with Crippen molar-refractivity contribution in [3.05, 3.63) is 87.5 Å². The molecule has 2 saturated heterocycles. The van der Waals surface area contributed by atoms with Crippen molar-refractivity contribution in [2.75, 3.05) is 56.2 Å². The number of morpholine rings is 1. The Morgan fingerprint density at radius 3 is 2.33 bits per heavy atom. The van der Waals surface area contributed by atoms with Crippen molar-refractivity contribution in [2.45, 2.75) is 24.6 Å². The standard InChI is InChI=1S/C29H29Cl2F3N4O2/c1-36(28(39)19-2-6-22(7-3-19)37-12-14-40-15-13-37)26-10-11-38(27-9-5-21(17-35-27)29(32,33)34)18-23(26)20-4-8-24(30)25(31)16-20/h2-9,16-17,23,26H,10-15,18H2,1H3/t23-,26+/m0/s1. The van der Waals surface area contributed by atoms with E-state index in [0.717, 1.165) is 36.6 Å². The number of rotatable bonds is 5. The molecule has 2 aliphatic heterocycles. The van der Waals surface area contributed by atoms with Crippen molar-refractivity contribution in [2.24, 2.45) is 0 Å². The summed E-state index contributed by atoms with van der Waals surface area (Å²) in [6.07, 6.45) is -3.02. The highest BCUT2D eigenvalue weighted by Crippen LogP contribution is 2.36. The minimum atomic E-state index is -4.45. The molecule has 2 fully saturated rings. The fourth-order valence-electron chi connectivity index (χ4n) is 5.41. The fourth-order valence-corrected chi connectivity index (χ4v) is 5.72. The van der Waals surface area contributed by atoms with Crippen LogP contribution in [0.15, 0.2) is 60.8 Å². The number of ether oxygens (including phenoxy) is 1. The smallest absolute Gasteiger partial charge is 0.378 e. The van der Waals surface area contributed by atoms with E-state index in [1.807, 2.05) is 35.2 Å². The third-order valence-electron chi connectivity index (χ3n) is 7.66. The van der Waals surface area contributed by atoms with Crippen LogP contribution in [-0.4, -0.2) is 68.3 Å². The average molecular weight is 593 g/mol. The van der Waals surface area contributed by atoms with Gasteiger partial charge in [0.1, 0.15) is 5.82 Å². The summed E-state index contributed by atoms with van der Waals surface area (Å²) in [5.74, 6) is 0.156. The van der Waals surface area contributed by atoms with Crippen LogP contribution in [0.1, 0.15) is 33.8 Å². The molecule has 0 radical (unpaired) electrons. The Balaban J connectivity index is 1.38. The predicted octanol–water partition coefficient (Wildman–Crippen LogP) is 6.38. The highest BCUT2D eigenvalue weighted by atomic mass is 35.5. The molecule has 2 aliphatic rings. The van der Waals surface area contributed by atoms with Crippen LogP contribution in [0.2, 0.25) is 10.0 Å². The molecule has 2 aromatic carbocycles. The molecule has 1 amide bonds. The first-order valence-electron chi connectivity index (χ1n) is 13.0. The van der Waals surface area contributed by atoms with E-state index >= 15 is 0 Å². The molecule has 0 unspecified atom stereocenters. The highest BCUT2D eigenvalue weighted by Gasteiger charge is 2.37. The maximum absolute atomic E-state index is 13.6. The predicted molar refractivity (Wildman–Crippen MR) is 151 cm³/mol. The van der Waals surface area contributed by atoms with Crippen LogP contribution < -0.4 is 9.80 Å². The molecule has 40 heavy (non-hydrogen) atoms. The Hall–Kier alpha value is -3.01. The highest BCUT2D eigenvalue weighted by molar-refractivity contribution is 6.42. The number of carbonyl (C=O) groups excluding carboxylic acids is 1. The molecule has 0 aliphatic carbocycles. The van der Waals surface area contributed by atoms with E-state index < -0.39 is 11.7 Å². The molecule has 5 rings (SSSR count). The van der Waals surface area contributed by atoms with Crippen molar-refractivity contribution < 1.29 is 22.7 Å². The van der Waals surface area contributed by atoms with Gasteiger partial charge in [0.2, 0.25) is 0 Å². The largest absolute Gasteiger partial charge is 0.417 e. The van der Waals surface area contributed by atoms with Crippen LogP contribution in [0.25, 0.3) is 0 Å². The third kappa shape index (κ3) is 6.16. The molecule has 212 valence electrons. The van der Waals surface area contributed by atoms with Crippen LogP contribution in [0.5, 0.6) is 0 Å². The van der Waals surface area contributed by atoms with E-state index in [1.54, 1.807) is 24.1 Å². The van der Waals surface area contributed by atoms with E-state index in [4.69, 9.17) is 27.9 Å². The summed E-state index contributed by atoms with van der Waals surface area (Å²) >= 11 is 12.5. The quantitative estimate of drug-likeness (QED) is 0.344. The van der Waals surface area contributed by atoms with Gasteiger partial charge >= 0.3 is 6.18 Å². The van der Waals surface area contributed by atoms with Crippen LogP contribution in [-0.2, 0) is 10.9 Å². The lowest BCUT2D eigenvalue weighted by molar-refractivity contribution is -0.137. The molecule has 0 spiro atoms. The minimum absolute atomic E-state index is 0.107. The van der Waals surface area contributed by atoms with Gasteiger partial charge in [-0.1, -0.05) is 29.3 Å². The number of pyridine rings is 1. The van der Waals surface area contributed by atoms with Crippen molar-refractivity contribution >= 4 is 40.6 Å². The van der Waals surface area contributed by atoms with Crippen LogP contribution in [0, 0.1) is 0 Å². The number of halogens is 5. The molecule has 0 saturated carbocycles. The first-order valence-corrected chi connectivity index (χ1v) is 13.8. The summed E-state index contributed by atoms with van der Waals surface area (Å²) in [6.45, 7) is 3.94. The number of likely N-dealkylation sites (N-methyl/N-ethyl adjacent to an activating group) is 1. The molecule has 0 N–H and O–H groups in total. The van der Waals surface area contributed by atoms with E-state index in [9.17, 15) is 18.0 Å². The van der Waals surface area contributed by atoms with E-state index in [-0.39, 0.29) is 17.9 Å². The number of piperidine rings is 1. The number of benzene rings is 2. The number of hydrogen-bond donors (Lipinski definition) is 0. The fraction of sp³-hybridized carbons (Fsp3) is 0.379. The van der Waals surface area contributed by atoms with Gasteiger partial charge in [0.05, 0.1) is 28.8 Å². The number of aromatic nitrogens is 1. The van der Waals surface area contributed by atoms with Crippen LogP contribution in [0.3, 0.4) is 0 Å². The summed E-state index contributed by atoms with van der Waals surface area (Å²) in [7, 11) is 1.79. The number of amides is 1. The van der Waals surface area contributed by atoms with Gasteiger partial charge in [-0.25, -0.2) is 4.98 Å². The van der Waals surface area contributed by atoms with Gasteiger partial charge in [-0.05, 0) is 60.5 Å². The van der Waals surface area contributed by atoms with E-state index in [2.05, 4.69) is 9.88 Å². The zero-order valence-corrected chi connectivity index (χ0v) is 23.4. The Bertz CT molecular complexity index is 1330. The van der Waals surface area contributed by atoms with Gasteiger partial charge in [-0.2, -0.15) is 13.2 Å². The van der Waals surface area contributed by atoms with Gasteiger partial charge in [-0.3, -0.25) is 4.79 Å². The van der Waals surface area contributed by atoms with Crippen molar-refractivity contribution in [3.63, 3.8) is 0 Å². The summed E-state index contributed by atoms with van der Waals surface area (Å²) in [6, 6.07) is 15.2. The molecule has 2 atom stereocenters. The topological polar surface area (TPSA) is 48.9 Å². The molecule has 6 nitrogen and oxygen atoms in total. The Morgan fingerprint density at radius 2 is 1.70 bits per heavy atom. The maximum Gasteiger partial charge on any atom is 0.417 e. The van der Waals surface area contributed by atoms with Gasteiger partial charge < -0.3 is 19.4 Å². The number of hydrogen-bond acceptors (Lipinski definition) is 5. The SMILES string of the molecule is CN(C(=O)c1ccc(N2CCOCC2)cc1)[C@@H]1CCN(c2ccc(C(F)(F)F)cn2)C[C@H]1c1ccc(Cl)c(Cl)c1. The normalized spacial score (nSPS) is 19.9. The van der Waals surface area contributed by atoms with Gasteiger partial charge in [0, 0.05) is 62.6 Å². The first-order chi connectivity index (χ1) is 19.1. The minimum Gasteiger partial charge on any atom is -0.378 e. The monoisotopic (exact) mass is 592 g/mol. The molecule has 3 aromatic rings. The van der Waals surface area contributed by atoms with Gasteiger partial charge in [0.25, 0.3) is 5.91 Å². The van der Waals surface area contributed by atoms with Crippen LogP contribution in [0.4, 0.5) is 24.7 Å². The number of carbonyl (C=O) groups is 1. The molecule has 0 bridgehead atoms. The van der Waals surface area contributed by atoms with Crippen molar-refractivity contribution in [1.29, 1.82) is 0 Å². The Morgan fingerprint density at radius 1 is 0.975 bits per heavy atom. The second-order valence-corrected chi connectivity index (χ2v) is 10.9. The van der Waals surface area contributed by atoms with Crippen LogP contribution >= 0.6 is 23.2 Å². The van der Waals surface area contributed by atoms with E-state index in [1.165, 1.54) is 6.07 Å². The summed E-state index contributed by atoms with van der Waals surface area (Å²) in [4.78, 5) is 23.7. The number of anilines is 2. The Labute approximate surface area is 241 Å².